The highest BCUT2D eigenvalue weighted by molar-refractivity contribution is 7.92. The molecule has 0 aliphatic carbocycles. The molecule has 0 spiro atoms. The number of fused-ring (bicyclic) bond motifs is 1. The predicted octanol–water partition coefficient (Wildman–Crippen LogP) is 2.60. The van der Waals surface area contributed by atoms with Crippen molar-refractivity contribution in [3.8, 4) is 0 Å². The van der Waals surface area contributed by atoms with Gasteiger partial charge in [-0.2, -0.15) is 0 Å². The van der Waals surface area contributed by atoms with Crippen molar-refractivity contribution in [1.29, 1.82) is 0 Å². The van der Waals surface area contributed by atoms with E-state index in [9.17, 15) is 22.4 Å². The van der Waals surface area contributed by atoms with E-state index in [0.717, 1.165) is 16.4 Å². The second-order valence-corrected chi connectivity index (χ2v) is 8.15. The van der Waals surface area contributed by atoms with Gasteiger partial charge in [0.15, 0.2) is 5.82 Å². The minimum absolute atomic E-state index is 0.163. The van der Waals surface area contributed by atoms with Crippen LogP contribution in [0.3, 0.4) is 0 Å². The molecule has 7 nitrogen and oxygen atoms in total. The summed E-state index contributed by atoms with van der Waals surface area (Å²) in [5.74, 6) is -4.57. The van der Waals surface area contributed by atoms with Gasteiger partial charge in [0.25, 0.3) is 10.0 Å². The lowest BCUT2D eigenvalue weighted by Gasteiger charge is -2.21. The SMILES string of the molecule is Cc1cc(C(=O)O)c(F)c(S(=O)(=O)N2C[C@H](CC(=O)O)c3ccccc32)c1. The molecule has 142 valence electrons. The number of halogens is 1. The summed E-state index contributed by atoms with van der Waals surface area (Å²) in [5.41, 5.74) is 0.349. The summed E-state index contributed by atoms with van der Waals surface area (Å²) in [6, 6.07) is 8.54. The number of benzene rings is 2. The van der Waals surface area contributed by atoms with E-state index in [1.165, 1.54) is 13.0 Å². The Morgan fingerprint density at radius 2 is 1.89 bits per heavy atom. The average molecular weight is 393 g/mol. The minimum atomic E-state index is -4.43. The van der Waals surface area contributed by atoms with Crippen molar-refractivity contribution in [3.63, 3.8) is 0 Å². The Bertz CT molecular complexity index is 1050. The van der Waals surface area contributed by atoms with Crippen LogP contribution in [-0.4, -0.2) is 37.1 Å². The fourth-order valence-corrected chi connectivity index (χ4v) is 4.98. The zero-order valence-electron chi connectivity index (χ0n) is 14.2. The molecule has 0 unspecified atom stereocenters. The van der Waals surface area contributed by atoms with Crippen molar-refractivity contribution in [3.05, 3.63) is 58.9 Å². The molecule has 27 heavy (non-hydrogen) atoms. The highest BCUT2D eigenvalue weighted by Crippen LogP contribution is 2.41. The van der Waals surface area contributed by atoms with Gasteiger partial charge < -0.3 is 10.2 Å². The van der Waals surface area contributed by atoms with Gasteiger partial charge in [0.05, 0.1) is 17.7 Å². The number of rotatable bonds is 5. The van der Waals surface area contributed by atoms with Crippen molar-refractivity contribution >= 4 is 27.6 Å². The molecule has 3 rings (SSSR count). The summed E-state index contributed by atoms with van der Waals surface area (Å²) in [4.78, 5) is 21.6. The van der Waals surface area contributed by atoms with Crippen LogP contribution in [0.2, 0.25) is 0 Å². The van der Waals surface area contributed by atoms with Gasteiger partial charge in [-0.3, -0.25) is 9.10 Å². The molecule has 0 saturated carbocycles. The molecule has 0 aromatic heterocycles. The quantitative estimate of drug-likeness (QED) is 0.808. The normalized spacial score (nSPS) is 16.2. The third-order valence-corrected chi connectivity index (χ3v) is 6.21. The first-order valence-electron chi connectivity index (χ1n) is 8.00. The number of carboxylic acid groups (broad SMARTS) is 2. The molecule has 2 aromatic carbocycles. The number of para-hydroxylation sites is 1. The number of sulfonamides is 1. The Labute approximate surface area is 154 Å². The molecule has 0 fully saturated rings. The fourth-order valence-electron chi connectivity index (χ4n) is 3.27. The van der Waals surface area contributed by atoms with E-state index >= 15 is 0 Å². The summed E-state index contributed by atoms with van der Waals surface area (Å²) in [5, 5.41) is 18.2. The number of carbonyl (C=O) groups is 2. The van der Waals surface area contributed by atoms with E-state index in [1.54, 1.807) is 18.2 Å². The molecule has 9 heteroatoms. The lowest BCUT2D eigenvalue weighted by molar-refractivity contribution is -0.137. The molecular weight excluding hydrogens is 377 g/mol. The molecule has 1 aliphatic rings. The van der Waals surface area contributed by atoms with E-state index in [1.807, 2.05) is 0 Å². The van der Waals surface area contributed by atoms with E-state index in [-0.39, 0.29) is 24.2 Å². The Balaban J connectivity index is 2.14. The van der Waals surface area contributed by atoms with Crippen molar-refractivity contribution in [2.75, 3.05) is 10.8 Å². The predicted molar refractivity (Wildman–Crippen MR) is 94.1 cm³/mol. The fraction of sp³-hybridized carbons (Fsp3) is 0.222. The lowest BCUT2D eigenvalue weighted by atomic mass is 9.98. The van der Waals surface area contributed by atoms with Gasteiger partial charge in [0.2, 0.25) is 0 Å². The third kappa shape index (κ3) is 3.25. The molecule has 1 atom stereocenters. The lowest BCUT2D eigenvalue weighted by Crippen LogP contribution is -2.31. The summed E-state index contributed by atoms with van der Waals surface area (Å²) in [6.45, 7) is 1.31. The number of aryl methyl sites for hydroxylation is 1. The minimum Gasteiger partial charge on any atom is -0.481 e. The monoisotopic (exact) mass is 393 g/mol. The molecular formula is C18H16FNO6S. The number of nitrogens with zero attached hydrogens (tertiary/aromatic N) is 1. The average Bonchev–Trinajstić information content (AvgIpc) is 2.95. The van der Waals surface area contributed by atoms with Crippen LogP contribution in [0.4, 0.5) is 10.1 Å². The topological polar surface area (TPSA) is 112 Å². The first kappa shape index (κ1) is 18.8. The number of anilines is 1. The molecule has 2 N–H and O–H groups in total. The molecule has 1 heterocycles. The van der Waals surface area contributed by atoms with Crippen LogP contribution in [0, 0.1) is 12.7 Å². The summed E-state index contributed by atoms with van der Waals surface area (Å²) < 4.78 is 41.8. The summed E-state index contributed by atoms with van der Waals surface area (Å²) in [7, 11) is -4.43. The summed E-state index contributed by atoms with van der Waals surface area (Å²) in [6.07, 6.45) is -0.278. The Hall–Kier alpha value is -2.94. The molecule has 2 aromatic rings. The maximum absolute atomic E-state index is 14.7. The smallest absolute Gasteiger partial charge is 0.338 e. The number of aromatic carboxylic acids is 1. The van der Waals surface area contributed by atoms with Gasteiger partial charge in [-0.1, -0.05) is 18.2 Å². The van der Waals surface area contributed by atoms with E-state index in [2.05, 4.69) is 0 Å². The number of hydrogen-bond donors (Lipinski definition) is 2. The van der Waals surface area contributed by atoms with Crippen molar-refractivity contribution < 1.29 is 32.6 Å². The van der Waals surface area contributed by atoms with Crippen molar-refractivity contribution in [2.45, 2.75) is 24.2 Å². The second-order valence-electron chi connectivity index (χ2n) is 6.32. The van der Waals surface area contributed by atoms with Gasteiger partial charge >= 0.3 is 11.9 Å². The van der Waals surface area contributed by atoms with Gasteiger partial charge in [-0.05, 0) is 36.2 Å². The van der Waals surface area contributed by atoms with Crippen molar-refractivity contribution in [2.24, 2.45) is 0 Å². The maximum atomic E-state index is 14.7. The second kappa shape index (κ2) is 6.66. The van der Waals surface area contributed by atoms with E-state index in [0.29, 0.717) is 5.56 Å². The van der Waals surface area contributed by atoms with Gasteiger partial charge in [0, 0.05) is 12.5 Å². The van der Waals surface area contributed by atoms with Crippen LogP contribution in [-0.2, 0) is 14.8 Å². The molecule has 0 saturated heterocycles. The van der Waals surface area contributed by atoms with Gasteiger partial charge in [-0.25, -0.2) is 17.6 Å². The van der Waals surface area contributed by atoms with Crippen LogP contribution in [0.5, 0.6) is 0 Å². The number of hydrogen-bond acceptors (Lipinski definition) is 4. The number of carboxylic acids is 2. The van der Waals surface area contributed by atoms with Crippen LogP contribution in [0.15, 0.2) is 41.3 Å². The zero-order valence-corrected chi connectivity index (χ0v) is 15.0. The van der Waals surface area contributed by atoms with Gasteiger partial charge in [-0.15, -0.1) is 0 Å². The first-order valence-corrected chi connectivity index (χ1v) is 9.44. The molecule has 1 aliphatic heterocycles. The van der Waals surface area contributed by atoms with Crippen LogP contribution in [0.1, 0.15) is 33.8 Å². The van der Waals surface area contributed by atoms with E-state index < -0.39 is 44.2 Å². The Morgan fingerprint density at radius 1 is 1.22 bits per heavy atom. The molecule has 0 amide bonds. The maximum Gasteiger partial charge on any atom is 0.338 e. The third-order valence-electron chi connectivity index (χ3n) is 4.43. The largest absolute Gasteiger partial charge is 0.481 e. The van der Waals surface area contributed by atoms with Gasteiger partial charge in [0.1, 0.15) is 4.90 Å². The zero-order chi connectivity index (χ0) is 19.9. The van der Waals surface area contributed by atoms with Crippen LogP contribution in [0.25, 0.3) is 0 Å². The Morgan fingerprint density at radius 3 is 2.52 bits per heavy atom. The standard InChI is InChI=1S/C18H16FNO6S/c1-10-6-13(18(23)24)17(19)15(7-10)27(25,26)20-9-11(8-16(21)22)12-4-2-3-5-14(12)20/h2-7,11H,8-9H2,1H3,(H,21,22)(H,23,24)/t11-/m0/s1. The van der Waals surface area contributed by atoms with Crippen LogP contribution < -0.4 is 4.31 Å². The van der Waals surface area contributed by atoms with Crippen LogP contribution >= 0.6 is 0 Å². The Kier molecular flexibility index (Phi) is 4.64. The first-order chi connectivity index (χ1) is 12.6. The highest BCUT2D eigenvalue weighted by atomic mass is 32.2. The number of aliphatic carboxylic acids is 1. The molecule has 0 radical (unpaired) electrons. The summed E-state index contributed by atoms with van der Waals surface area (Å²) >= 11 is 0. The van der Waals surface area contributed by atoms with Crippen molar-refractivity contribution in [1.82, 2.24) is 0 Å². The molecule has 0 bridgehead atoms. The highest BCUT2D eigenvalue weighted by Gasteiger charge is 2.39. The van der Waals surface area contributed by atoms with E-state index in [4.69, 9.17) is 10.2 Å².